The number of aliphatic hydroxyl groups is 1. The lowest BCUT2D eigenvalue weighted by atomic mass is 9.45. The minimum Gasteiger partial charge on any atom is -0.393 e. The lowest BCUT2D eigenvalue weighted by molar-refractivity contribution is -0.0985. The van der Waals surface area contributed by atoms with Crippen molar-refractivity contribution in [3.63, 3.8) is 0 Å². The van der Waals surface area contributed by atoms with Gasteiger partial charge in [0.25, 0.3) is 0 Å². The molecule has 1 aromatic carbocycles. The molecular weight excluding hydrogens is 410 g/mol. The lowest BCUT2D eigenvalue weighted by Gasteiger charge is -2.59. The summed E-state index contributed by atoms with van der Waals surface area (Å²) in [4.78, 5) is 6.67. The highest BCUT2D eigenvalue weighted by molar-refractivity contribution is 7.15. The molecule has 30 heavy (non-hydrogen) atoms. The summed E-state index contributed by atoms with van der Waals surface area (Å²) >= 11 is 8.04. The average Bonchev–Trinajstić information content (AvgIpc) is 3.29. The predicted molar refractivity (Wildman–Crippen MR) is 124 cm³/mol. The fourth-order valence-corrected chi connectivity index (χ4v) is 9.68. The van der Waals surface area contributed by atoms with Crippen LogP contribution in [0.5, 0.6) is 0 Å². The number of fused-ring (bicyclic) bond motifs is 7. The number of benzene rings is 1. The van der Waals surface area contributed by atoms with Crippen molar-refractivity contribution in [3.8, 4) is 10.6 Å². The molecule has 160 valence electrons. The summed E-state index contributed by atoms with van der Waals surface area (Å²) in [6, 6.07) is 8.16. The van der Waals surface area contributed by atoms with Crippen LogP contribution in [0.4, 0.5) is 0 Å². The summed E-state index contributed by atoms with van der Waals surface area (Å²) in [7, 11) is 0. The van der Waals surface area contributed by atoms with Crippen LogP contribution in [0, 0.1) is 28.6 Å². The Morgan fingerprint density at radius 1 is 0.967 bits per heavy atom. The van der Waals surface area contributed by atoms with E-state index in [1.165, 1.54) is 49.8 Å². The molecule has 3 fully saturated rings. The van der Waals surface area contributed by atoms with Crippen LogP contribution >= 0.6 is 22.9 Å². The van der Waals surface area contributed by atoms with Gasteiger partial charge in [0, 0.05) is 21.4 Å². The first-order chi connectivity index (χ1) is 14.4. The number of thiazole rings is 1. The molecule has 4 aliphatic rings. The van der Waals surface area contributed by atoms with Crippen LogP contribution in [0.1, 0.15) is 75.3 Å². The van der Waals surface area contributed by atoms with E-state index in [2.05, 4.69) is 26.0 Å². The van der Waals surface area contributed by atoms with Gasteiger partial charge >= 0.3 is 0 Å². The number of aliphatic hydroxyl groups excluding tert-OH is 1. The minimum absolute atomic E-state index is 0.0737. The third-order valence-corrected chi connectivity index (χ3v) is 11.4. The van der Waals surface area contributed by atoms with Crippen LogP contribution < -0.4 is 0 Å². The van der Waals surface area contributed by atoms with Crippen LogP contribution in [0.25, 0.3) is 10.6 Å². The second-order valence-corrected chi connectivity index (χ2v) is 12.5. The summed E-state index contributed by atoms with van der Waals surface area (Å²) in [6.07, 6.45) is 9.76. The van der Waals surface area contributed by atoms with E-state index in [9.17, 15) is 5.11 Å². The smallest absolute Gasteiger partial charge is 0.123 e. The maximum atomic E-state index is 10.7. The van der Waals surface area contributed by atoms with Crippen molar-refractivity contribution in [2.75, 3.05) is 0 Å². The van der Waals surface area contributed by atoms with Crippen molar-refractivity contribution in [3.05, 3.63) is 39.9 Å². The Bertz CT molecular complexity index is 970. The number of aryl methyl sites for hydroxylation is 1. The molecule has 0 bridgehead atoms. The molecule has 1 N–H and O–H groups in total. The monoisotopic (exact) mass is 441 g/mol. The van der Waals surface area contributed by atoms with Gasteiger partial charge in [-0.15, -0.1) is 11.3 Å². The molecule has 3 saturated carbocycles. The van der Waals surface area contributed by atoms with Crippen molar-refractivity contribution in [2.45, 2.75) is 77.2 Å². The molecule has 0 spiro atoms. The largest absolute Gasteiger partial charge is 0.393 e. The van der Waals surface area contributed by atoms with E-state index in [0.29, 0.717) is 11.3 Å². The van der Waals surface area contributed by atoms with E-state index >= 15 is 0 Å². The summed E-state index contributed by atoms with van der Waals surface area (Å²) in [5.74, 6) is 3.02. The number of rotatable bonds is 1. The predicted octanol–water partition coefficient (Wildman–Crippen LogP) is 7.10. The molecular formula is C26H32ClNOS. The van der Waals surface area contributed by atoms with Gasteiger partial charge in [-0.05, 0) is 92.1 Å². The van der Waals surface area contributed by atoms with Gasteiger partial charge in [-0.2, -0.15) is 0 Å². The van der Waals surface area contributed by atoms with E-state index in [1.54, 1.807) is 4.88 Å². The first-order valence-electron chi connectivity index (χ1n) is 11.8. The van der Waals surface area contributed by atoms with Gasteiger partial charge in [0.15, 0.2) is 0 Å². The molecule has 6 rings (SSSR count). The van der Waals surface area contributed by atoms with Crippen molar-refractivity contribution in [1.82, 2.24) is 4.98 Å². The first kappa shape index (κ1) is 19.8. The molecule has 0 aliphatic heterocycles. The number of halogens is 1. The molecule has 4 aliphatic carbocycles. The van der Waals surface area contributed by atoms with Gasteiger partial charge in [0.05, 0.1) is 11.8 Å². The van der Waals surface area contributed by atoms with Crippen LogP contribution in [0.2, 0.25) is 5.02 Å². The molecule has 2 nitrogen and oxygen atoms in total. The maximum Gasteiger partial charge on any atom is 0.123 e. The second-order valence-electron chi connectivity index (χ2n) is 11.0. The maximum absolute atomic E-state index is 10.7. The molecule has 0 radical (unpaired) electrons. The molecule has 7 atom stereocenters. The van der Waals surface area contributed by atoms with Gasteiger partial charge in [-0.3, -0.25) is 0 Å². The Morgan fingerprint density at radius 3 is 2.53 bits per heavy atom. The van der Waals surface area contributed by atoms with Crippen molar-refractivity contribution >= 4 is 22.9 Å². The standard InChI is InChI=1S/C26H32ClNOS/c1-25-14-12-21-23(30-24(28-21)15-3-5-16(27)6-4-15)20(25)8-7-17-18-9-10-22(29)26(18,2)13-11-19(17)25/h3-6,17-20,22,29H,7-14H2,1-2H3/t17-,18-,19-,20-,22-,25+,26-/m0/s1. The van der Waals surface area contributed by atoms with E-state index in [-0.39, 0.29) is 11.5 Å². The number of hydrogen-bond donors (Lipinski definition) is 1. The molecule has 0 saturated heterocycles. The zero-order chi connectivity index (χ0) is 20.7. The Kier molecular flexibility index (Phi) is 4.48. The summed E-state index contributed by atoms with van der Waals surface area (Å²) < 4.78 is 0. The zero-order valence-corrected chi connectivity index (χ0v) is 19.6. The average molecular weight is 442 g/mol. The molecule has 4 heteroatoms. The molecule has 0 unspecified atom stereocenters. The third kappa shape index (κ3) is 2.67. The highest BCUT2D eigenvalue weighted by Gasteiger charge is 2.60. The van der Waals surface area contributed by atoms with Gasteiger partial charge < -0.3 is 5.11 Å². The Labute approximate surface area is 189 Å². The molecule has 1 aromatic heterocycles. The Morgan fingerprint density at radius 2 is 1.73 bits per heavy atom. The van der Waals surface area contributed by atoms with E-state index in [0.717, 1.165) is 40.6 Å². The summed E-state index contributed by atoms with van der Waals surface area (Å²) in [5.41, 5.74) is 3.13. The topological polar surface area (TPSA) is 33.1 Å². The zero-order valence-electron chi connectivity index (χ0n) is 18.0. The molecule has 1 heterocycles. The van der Waals surface area contributed by atoms with E-state index in [4.69, 9.17) is 16.6 Å². The fraction of sp³-hybridized carbons (Fsp3) is 0.654. The highest BCUT2D eigenvalue weighted by Crippen LogP contribution is 2.68. The van der Waals surface area contributed by atoms with Gasteiger partial charge in [-0.1, -0.05) is 37.6 Å². The number of aromatic nitrogens is 1. The highest BCUT2D eigenvalue weighted by atomic mass is 35.5. The van der Waals surface area contributed by atoms with Crippen LogP contribution in [-0.4, -0.2) is 16.2 Å². The second kappa shape index (κ2) is 6.80. The Balaban J connectivity index is 1.33. The summed E-state index contributed by atoms with van der Waals surface area (Å²) in [6.45, 7) is 4.99. The van der Waals surface area contributed by atoms with E-state index in [1.807, 2.05) is 23.5 Å². The third-order valence-electron chi connectivity index (χ3n) is 9.85. The fourth-order valence-electron chi connectivity index (χ4n) is 8.14. The van der Waals surface area contributed by atoms with Gasteiger partial charge in [-0.25, -0.2) is 4.98 Å². The SMILES string of the molecule is C[C@]12CCc3nc(-c4ccc(Cl)cc4)sc3[C@@H]1CC[C@@H]1[C@@H]2CC[C@]2(C)[C@@H](O)CC[C@@H]12. The first-order valence-corrected chi connectivity index (χ1v) is 13.0. The molecule has 2 aromatic rings. The van der Waals surface area contributed by atoms with Gasteiger partial charge in [0.1, 0.15) is 5.01 Å². The van der Waals surface area contributed by atoms with Crippen LogP contribution in [-0.2, 0) is 6.42 Å². The van der Waals surface area contributed by atoms with E-state index < -0.39 is 0 Å². The van der Waals surface area contributed by atoms with Crippen molar-refractivity contribution < 1.29 is 5.11 Å². The Hall–Kier alpha value is -0.900. The van der Waals surface area contributed by atoms with Crippen LogP contribution in [0.3, 0.4) is 0 Å². The summed E-state index contributed by atoms with van der Waals surface area (Å²) in [5, 5.41) is 12.7. The van der Waals surface area contributed by atoms with Crippen LogP contribution in [0.15, 0.2) is 24.3 Å². The lowest BCUT2D eigenvalue weighted by Crippen LogP contribution is -2.52. The number of hydrogen-bond acceptors (Lipinski definition) is 3. The van der Waals surface area contributed by atoms with Crippen molar-refractivity contribution in [1.29, 1.82) is 0 Å². The number of nitrogens with zero attached hydrogens (tertiary/aromatic N) is 1. The van der Waals surface area contributed by atoms with Crippen molar-refractivity contribution in [2.24, 2.45) is 28.6 Å². The minimum atomic E-state index is -0.0737. The normalized spacial score (nSPS) is 42.2. The van der Waals surface area contributed by atoms with Gasteiger partial charge in [0.2, 0.25) is 0 Å². The quantitative estimate of drug-likeness (QED) is 0.512. The molecule has 0 amide bonds.